The maximum Gasteiger partial charge on any atom is 0.0541 e. The van der Waals surface area contributed by atoms with Crippen LogP contribution in [0.1, 0.15) is 0 Å². The predicted molar refractivity (Wildman–Crippen MR) is 270 cm³/mol. The fourth-order valence-electron chi connectivity index (χ4n) is 9.35. The van der Waals surface area contributed by atoms with E-state index in [0.29, 0.717) is 0 Å². The van der Waals surface area contributed by atoms with E-state index < -0.39 is 0 Å². The Morgan fingerprint density at radius 1 is 0.286 bits per heavy atom. The van der Waals surface area contributed by atoms with Gasteiger partial charge in [0.05, 0.1) is 16.7 Å². The van der Waals surface area contributed by atoms with Crippen LogP contribution in [0.5, 0.6) is 0 Å². The van der Waals surface area contributed by atoms with Crippen molar-refractivity contribution in [2.45, 2.75) is 0 Å². The van der Waals surface area contributed by atoms with Gasteiger partial charge in [0.1, 0.15) is 0 Å². The summed E-state index contributed by atoms with van der Waals surface area (Å²) in [5.41, 5.74) is 16.5. The molecule has 0 saturated carbocycles. The third kappa shape index (κ3) is 6.58. The first-order valence-corrected chi connectivity index (χ1v) is 22.3. The molecule has 0 amide bonds. The highest BCUT2D eigenvalue weighted by Gasteiger charge is 2.18. The smallest absolute Gasteiger partial charge is 0.0541 e. The molecule has 0 spiro atoms. The summed E-state index contributed by atoms with van der Waals surface area (Å²) in [6, 6.07) is 88.3. The summed E-state index contributed by atoms with van der Waals surface area (Å²) in [6.07, 6.45) is 0. The predicted octanol–water partition coefficient (Wildman–Crippen LogP) is 17.3. The second-order valence-corrected chi connectivity index (χ2v) is 17.2. The zero-order chi connectivity index (χ0) is 41.7. The number of fused-ring (bicyclic) bond motifs is 6. The number of hydrogen-bond donors (Lipinski definition) is 0. The van der Waals surface area contributed by atoms with Gasteiger partial charge in [-0.1, -0.05) is 170 Å². The molecule has 0 radical (unpaired) electrons. The fraction of sp³-hybridized carbons (Fsp3) is 0. The number of rotatable bonds is 8. The molecule has 63 heavy (non-hydrogen) atoms. The third-order valence-electron chi connectivity index (χ3n) is 12.4. The normalized spacial score (nSPS) is 11.5. The summed E-state index contributed by atoms with van der Waals surface area (Å²) in [7, 11) is 0. The van der Waals surface area contributed by atoms with Gasteiger partial charge in [0.25, 0.3) is 0 Å². The van der Waals surface area contributed by atoms with Crippen molar-refractivity contribution in [3.05, 3.63) is 243 Å². The molecule has 2 heterocycles. The van der Waals surface area contributed by atoms with Crippen molar-refractivity contribution in [2.24, 2.45) is 0 Å². The van der Waals surface area contributed by atoms with Crippen molar-refractivity contribution < 1.29 is 0 Å². The highest BCUT2D eigenvalue weighted by atomic mass is 32.1. The number of aromatic nitrogens is 1. The number of hydrogen-bond acceptors (Lipinski definition) is 2. The van der Waals surface area contributed by atoms with Crippen LogP contribution in [0.15, 0.2) is 243 Å². The first kappa shape index (κ1) is 36.8. The Kier molecular flexibility index (Phi) is 9.06. The van der Waals surface area contributed by atoms with Gasteiger partial charge in [-0.25, -0.2) is 0 Å². The first-order chi connectivity index (χ1) is 31.2. The van der Waals surface area contributed by atoms with Gasteiger partial charge in [0.2, 0.25) is 0 Å². The van der Waals surface area contributed by atoms with Crippen molar-refractivity contribution in [1.29, 1.82) is 0 Å². The van der Waals surface area contributed by atoms with Gasteiger partial charge in [0, 0.05) is 53.6 Å². The van der Waals surface area contributed by atoms with Gasteiger partial charge in [-0.15, -0.1) is 11.3 Å². The first-order valence-electron chi connectivity index (χ1n) is 21.5. The Labute approximate surface area is 370 Å². The van der Waals surface area contributed by atoms with E-state index in [0.717, 1.165) is 17.1 Å². The SMILES string of the molecule is c1ccc(-c2ccc(-c3ccc(N(c4ccc(-c5cccc(-c6ccccc6-n6c7ccccc7c7ccccc76)c5)cc4)c4ccc5sc6ccccc6c5c4)cc3)cc2)cc1. The van der Waals surface area contributed by atoms with Gasteiger partial charge >= 0.3 is 0 Å². The molecule has 2 aromatic heterocycles. The molecular weight excluding hydrogens is 781 g/mol. The zero-order valence-electron chi connectivity index (χ0n) is 34.4. The lowest BCUT2D eigenvalue weighted by molar-refractivity contribution is 1.18. The highest BCUT2D eigenvalue weighted by molar-refractivity contribution is 7.25. The van der Waals surface area contributed by atoms with Crippen LogP contribution >= 0.6 is 11.3 Å². The van der Waals surface area contributed by atoms with Gasteiger partial charge in [-0.2, -0.15) is 0 Å². The minimum atomic E-state index is 1.10. The minimum Gasteiger partial charge on any atom is -0.310 e. The number of thiophene rings is 1. The molecule has 0 bridgehead atoms. The summed E-state index contributed by atoms with van der Waals surface area (Å²) in [5.74, 6) is 0. The number of para-hydroxylation sites is 3. The van der Waals surface area contributed by atoms with Gasteiger partial charge < -0.3 is 9.47 Å². The maximum atomic E-state index is 2.42. The zero-order valence-corrected chi connectivity index (χ0v) is 35.2. The number of anilines is 3. The largest absolute Gasteiger partial charge is 0.310 e. The van der Waals surface area contributed by atoms with Crippen LogP contribution in [0.2, 0.25) is 0 Å². The molecule has 10 aromatic carbocycles. The number of benzene rings is 10. The summed E-state index contributed by atoms with van der Waals surface area (Å²) >= 11 is 1.85. The molecule has 0 saturated heterocycles. The van der Waals surface area contributed by atoms with Crippen LogP contribution in [0.4, 0.5) is 17.1 Å². The van der Waals surface area contributed by atoms with Crippen molar-refractivity contribution in [1.82, 2.24) is 4.57 Å². The topological polar surface area (TPSA) is 8.17 Å². The van der Waals surface area contributed by atoms with Gasteiger partial charge in [-0.05, 0) is 112 Å². The fourth-order valence-corrected chi connectivity index (χ4v) is 10.4. The van der Waals surface area contributed by atoms with Crippen LogP contribution in [0, 0.1) is 0 Å². The summed E-state index contributed by atoms with van der Waals surface area (Å²) in [5, 5.41) is 5.10. The van der Waals surface area contributed by atoms with Crippen LogP contribution in [0.3, 0.4) is 0 Å². The molecule has 0 N–H and O–H groups in total. The van der Waals surface area contributed by atoms with Crippen LogP contribution in [0.25, 0.3) is 92.2 Å². The van der Waals surface area contributed by atoms with E-state index in [2.05, 4.69) is 252 Å². The van der Waals surface area contributed by atoms with E-state index in [9.17, 15) is 0 Å². The van der Waals surface area contributed by atoms with E-state index in [1.807, 2.05) is 11.3 Å². The minimum absolute atomic E-state index is 1.10. The maximum absolute atomic E-state index is 2.42. The van der Waals surface area contributed by atoms with E-state index in [4.69, 9.17) is 0 Å². The molecule has 296 valence electrons. The Bertz CT molecular complexity index is 3550. The van der Waals surface area contributed by atoms with Crippen molar-refractivity contribution in [3.63, 3.8) is 0 Å². The monoisotopic (exact) mass is 820 g/mol. The lowest BCUT2D eigenvalue weighted by Gasteiger charge is -2.26. The molecule has 0 aliphatic rings. The lowest BCUT2D eigenvalue weighted by Crippen LogP contribution is -2.09. The Hall–Kier alpha value is -7.98. The standard InChI is InChI=1S/C60H40N2S/c1-2-13-41(14-3-1)42-25-27-43(28-26-42)44-29-33-48(34-30-44)61(50-37-38-60-55(40-50)54-20-7-11-24-59(54)63-60)49-35-31-45(32-36-49)46-15-12-16-47(39-46)51-17-4-8-21-56(51)62-57-22-9-5-18-52(57)53-19-6-10-23-58(53)62/h1-40H. The van der Waals surface area contributed by atoms with Crippen molar-refractivity contribution >= 4 is 70.4 Å². The lowest BCUT2D eigenvalue weighted by atomic mass is 9.97. The highest BCUT2D eigenvalue weighted by Crippen LogP contribution is 2.42. The third-order valence-corrected chi connectivity index (χ3v) is 13.6. The summed E-state index contributed by atoms with van der Waals surface area (Å²) < 4.78 is 5.02. The quantitative estimate of drug-likeness (QED) is 0.148. The molecule has 12 rings (SSSR count). The molecule has 0 unspecified atom stereocenters. The summed E-state index contributed by atoms with van der Waals surface area (Å²) in [6.45, 7) is 0. The van der Waals surface area contributed by atoms with Crippen molar-refractivity contribution in [2.75, 3.05) is 4.90 Å². The Morgan fingerprint density at radius 3 is 1.41 bits per heavy atom. The van der Waals surface area contributed by atoms with E-state index in [1.54, 1.807) is 0 Å². The molecule has 0 fully saturated rings. The molecule has 0 aliphatic heterocycles. The molecule has 0 atom stereocenters. The molecule has 3 heteroatoms. The van der Waals surface area contributed by atoms with Gasteiger partial charge in [-0.3, -0.25) is 0 Å². The second-order valence-electron chi connectivity index (χ2n) is 16.1. The van der Waals surface area contributed by atoms with Crippen LogP contribution < -0.4 is 4.90 Å². The van der Waals surface area contributed by atoms with E-state index >= 15 is 0 Å². The second kappa shape index (κ2) is 15.5. The molecule has 0 aliphatic carbocycles. The van der Waals surface area contributed by atoms with Crippen LogP contribution in [-0.2, 0) is 0 Å². The Morgan fingerprint density at radius 2 is 0.746 bits per heavy atom. The van der Waals surface area contributed by atoms with Crippen LogP contribution in [-0.4, -0.2) is 4.57 Å². The Balaban J connectivity index is 0.912. The van der Waals surface area contributed by atoms with Gasteiger partial charge in [0.15, 0.2) is 0 Å². The summed E-state index contributed by atoms with van der Waals surface area (Å²) in [4.78, 5) is 2.39. The van der Waals surface area contributed by atoms with E-state index in [-0.39, 0.29) is 0 Å². The average molecular weight is 821 g/mol. The van der Waals surface area contributed by atoms with Crippen molar-refractivity contribution in [3.8, 4) is 50.2 Å². The molecule has 2 nitrogen and oxygen atoms in total. The molecule has 12 aromatic rings. The number of nitrogens with zero attached hydrogens (tertiary/aromatic N) is 2. The van der Waals surface area contributed by atoms with E-state index in [1.165, 1.54) is 92.2 Å². The average Bonchev–Trinajstić information content (AvgIpc) is 3.90. The molecular formula is C60H40N2S.